The molecule has 0 saturated heterocycles. The van der Waals surface area contributed by atoms with Gasteiger partial charge in [-0.3, -0.25) is 0 Å². The van der Waals surface area contributed by atoms with E-state index in [0.717, 1.165) is 29.3 Å². The third kappa shape index (κ3) is 2.64. The van der Waals surface area contributed by atoms with Gasteiger partial charge in [0.1, 0.15) is 5.82 Å². The van der Waals surface area contributed by atoms with Crippen molar-refractivity contribution in [1.82, 2.24) is 0 Å². The second kappa shape index (κ2) is 4.84. The fraction of sp³-hybridized carbons (Fsp3) is 0.538. The van der Waals surface area contributed by atoms with Crippen molar-refractivity contribution in [2.45, 2.75) is 32.1 Å². The number of aliphatic hydroxyl groups excluding tert-OH is 1. The summed E-state index contributed by atoms with van der Waals surface area (Å²) in [5.41, 5.74) is 0.968. The Bertz CT molecular complexity index is 352. The van der Waals surface area contributed by atoms with Crippen molar-refractivity contribution < 1.29 is 9.50 Å². The number of aliphatic hydroxyl groups is 1. The van der Waals surface area contributed by atoms with Crippen molar-refractivity contribution in [3.8, 4) is 0 Å². The fourth-order valence-corrected chi connectivity index (χ4v) is 3.17. The van der Waals surface area contributed by atoms with Crippen molar-refractivity contribution in [2.75, 3.05) is 6.61 Å². The highest BCUT2D eigenvalue weighted by Crippen LogP contribution is 2.40. The molecule has 1 saturated carbocycles. The lowest BCUT2D eigenvalue weighted by atomic mass is 9.81. The molecule has 0 aliphatic heterocycles. The van der Waals surface area contributed by atoms with Gasteiger partial charge in [0.25, 0.3) is 0 Å². The molecule has 0 aromatic heterocycles. The summed E-state index contributed by atoms with van der Waals surface area (Å²) in [5.74, 6) is -0.213. The van der Waals surface area contributed by atoms with E-state index in [1.54, 1.807) is 6.07 Å². The summed E-state index contributed by atoms with van der Waals surface area (Å²) in [7, 11) is 0. The minimum Gasteiger partial charge on any atom is -0.396 e. The van der Waals surface area contributed by atoms with Crippen LogP contribution in [-0.2, 0) is 6.42 Å². The highest BCUT2D eigenvalue weighted by molar-refractivity contribution is 9.10. The first-order valence-corrected chi connectivity index (χ1v) is 6.49. The van der Waals surface area contributed by atoms with Gasteiger partial charge in [0.15, 0.2) is 0 Å². The maximum Gasteiger partial charge on any atom is 0.124 e. The van der Waals surface area contributed by atoms with E-state index in [4.69, 9.17) is 0 Å². The van der Waals surface area contributed by atoms with Crippen LogP contribution in [0.5, 0.6) is 0 Å². The minimum absolute atomic E-state index is 0.00671. The van der Waals surface area contributed by atoms with Crippen LogP contribution in [0.25, 0.3) is 0 Å². The Hall–Kier alpha value is -0.410. The summed E-state index contributed by atoms with van der Waals surface area (Å²) in [4.78, 5) is 0. The van der Waals surface area contributed by atoms with Gasteiger partial charge in [0.2, 0.25) is 0 Å². The van der Waals surface area contributed by atoms with E-state index in [9.17, 15) is 9.50 Å². The molecule has 0 atom stereocenters. The van der Waals surface area contributed by atoms with Crippen LogP contribution in [0.4, 0.5) is 4.39 Å². The maximum atomic E-state index is 13.2. The second-order valence-corrected chi connectivity index (χ2v) is 5.74. The first-order valence-electron chi connectivity index (χ1n) is 5.69. The normalized spacial score (nSPS) is 18.9. The van der Waals surface area contributed by atoms with Crippen LogP contribution in [0.3, 0.4) is 0 Å². The summed E-state index contributed by atoms with van der Waals surface area (Å²) >= 11 is 3.30. The van der Waals surface area contributed by atoms with E-state index in [-0.39, 0.29) is 17.8 Å². The van der Waals surface area contributed by atoms with Crippen molar-refractivity contribution in [1.29, 1.82) is 0 Å². The van der Waals surface area contributed by atoms with Gasteiger partial charge in [-0.2, -0.15) is 0 Å². The Labute approximate surface area is 104 Å². The molecule has 88 valence electrons. The number of hydrogen-bond donors (Lipinski definition) is 1. The van der Waals surface area contributed by atoms with E-state index in [2.05, 4.69) is 15.9 Å². The summed E-state index contributed by atoms with van der Waals surface area (Å²) < 4.78 is 14.0. The Kier molecular flexibility index (Phi) is 3.65. The highest BCUT2D eigenvalue weighted by Gasteiger charge is 2.33. The molecule has 0 unspecified atom stereocenters. The Morgan fingerprint density at radius 2 is 1.94 bits per heavy atom. The van der Waals surface area contributed by atoms with Gasteiger partial charge in [-0.05, 0) is 48.4 Å². The van der Waals surface area contributed by atoms with Gasteiger partial charge < -0.3 is 5.11 Å². The molecular weight excluding hydrogens is 271 g/mol. The largest absolute Gasteiger partial charge is 0.396 e. The molecule has 0 radical (unpaired) electrons. The molecule has 1 aliphatic carbocycles. The van der Waals surface area contributed by atoms with Gasteiger partial charge >= 0.3 is 0 Å². The third-order valence-corrected chi connectivity index (χ3v) is 3.96. The topological polar surface area (TPSA) is 20.2 Å². The van der Waals surface area contributed by atoms with Gasteiger partial charge in [-0.15, -0.1) is 0 Å². The predicted molar refractivity (Wildman–Crippen MR) is 65.8 cm³/mol. The number of benzene rings is 1. The molecule has 0 bridgehead atoms. The average Bonchev–Trinajstić information content (AvgIpc) is 2.65. The second-order valence-electron chi connectivity index (χ2n) is 4.82. The molecule has 0 amide bonds. The van der Waals surface area contributed by atoms with Gasteiger partial charge in [-0.1, -0.05) is 28.8 Å². The SMILES string of the molecule is OCC1(Cc2cc(F)cc(Br)c2)CCCC1. The fourth-order valence-electron chi connectivity index (χ4n) is 2.66. The van der Waals surface area contributed by atoms with E-state index < -0.39 is 0 Å². The summed E-state index contributed by atoms with van der Waals surface area (Å²) in [6.07, 6.45) is 5.24. The molecule has 0 spiro atoms. The third-order valence-electron chi connectivity index (χ3n) is 3.50. The molecule has 1 fully saturated rings. The molecule has 1 nitrogen and oxygen atoms in total. The van der Waals surface area contributed by atoms with E-state index in [0.29, 0.717) is 0 Å². The molecule has 0 heterocycles. The summed E-state index contributed by atoms with van der Waals surface area (Å²) in [6.45, 7) is 0.209. The van der Waals surface area contributed by atoms with Crippen LogP contribution in [0.15, 0.2) is 22.7 Å². The zero-order valence-corrected chi connectivity index (χ0v) is 10.8. The average molecular weight is 287 g/mol. The maximum absolute atomic E-state index is 13.2. The zero-order valence-electron chi connectivity index (χ0n) is 9.18. The highest BCUT2D eigenvalue weighted by atomic mass is 79.9. The molecular formula is C13H16BrFO. The van der Waals surface area contributed by atoms with Crippen molar-refractivity contribution in [2.24, 2.45) is 5.41 Å². The van der Waals surface area contributed by atoms with Gasteiger partial charge in [0, 0.05) is 11.1 Å². The van der Waals surface area contributed by atoms with Gasteiger partial charge in [-0.25, -0.2) is 4.39 Å². The molecule has 1 N–H and O–H groups in total. The molecule has 3 heteroatoms. The van der Waals surface area contributed by atoms with Crippen molar-refractivity contribution in [3.05, 3.63) is 34.1 Å². The Morgan fingerprint density at radius 3 is 2.50 bits per heavy atom. The van der Waals surface area contributed by atoms with Gasteiger partial charge in [0.05, 0.1) is 0 Å². The smallest absolute Gasteiger partial charge is 0.124 e. The zero-order chi connectivity index (χ0) is 11.6. The van der Waals surface area contributed by atoms with Crippen LogP contribution in [0.2, 0.25) is 0 Å². The summed E-state index contributed by atoms with van der Waals surface area (Å²) in [5, 5.41) is 9.51. The van der Waals surface area contributed by atoms with Crippen molar-refractivity contribution >= 4 is 15.9 Å². The predicted octanol–water partition coefficient (Wildman–Crippen LogP) is 3.68. The first kappa shape index (κ1) is 12.1. The molecule has 2 rings (SSSR count). The molecule has 16 heavy (non-hydrogen) atoms. The van der Waals surface area contributed by atoms with E-state index in [1.165, 1.54) is 18.9 Å². The van der Waals surface area contributed by atoms with Crippen LogP contribution < -0.4 is 0 Å². The van der Waals surface area contributed by atoms with E-state index in [1.807, 2.05) is 6.07 Å². The summed E-state index contributed by atoms with van der Waals surface area (Å²) in [6, 6.07) is 4.98. The lowest BCUT2D eigenvalue weighted by Crippen LogP contribution is -2.24. The quantitative estimate of drug-likeness (QED) is 0.899. The number of hydrogen-bond acceptors (Lipinski definition) is 1. The minimum atomic E-state index is -0.213. The van der Waals surface area contributed by atoms with E-state index >= 15 is 0 Å². The Balaban J connectivity index is 2.18. The van der Waals surface area contributed by atoms with Crippen molar-refractivity contribution in [3.63, 3.8) is 0 Å². The lowest BCUT2D eigenvalue weighted by Gasteiger charge is -2.26. The van der Waals surface area contributed by atoms with Crippen LogP contribution in [-0.4, -0.2) is 11.7 Å². The number of halogens is 2. The van der Waals surface area contributed by atoms with Crippen LogP contribution in [0.1, 0.15) is 31.2 Å². The molecule has 1 aliphatic rings. The molecule has 1 aromatic rings. The molecule has 1 aromatic carbocycles. The number of rotatable bonds is 3. The monoisotopic (exact) mass is 286 g/mol. The lowest BCUT2D eigenvalue weighted by molar-refractivity contribution is 0.130. The Morgan fingerprint density at radius 1 is 1.25 bits per heavy atom. The standard InChI is InChI=1S/C13H16BrFO/c14-11-5-10(6-12(15)7-11)8-13(9-16)3-1-2-4-13/h5-7,16H,1-4,8-9H2. The van der Waals surface area contributed by atoms with Crippen LogP contribution in [0, 0.1) is 11.2 Å². The van der Waals surface area contributed by atoms with Crippen LogP contribution >= 0.6 is 15.9 Å². The first-order chi connectivity index (χ1) is 7.63.